The highest BCUT2D eigenvalue weighted by atomic mass is 32.1. The first kappa shape index (κ1) is 15.7. The Hall–Kier alpha value is -1.31. The quantitative estimate of drug-likeness (QED) is 0.835. The van der Waals surface area contributed by atoms with Crippen molar-refractivity contribution in [2.75, 3.05) is 13.1 Å². The highest BCUT2D eigenvalue weighted by Gasteiger charge is 2.13. The molecule has 0 aliphatic carbocycles. The number of hydrogen-bond acceptors (Lipinski definition) is 3. The van der Waals surface area contributed by atoms with E-state index < -0.39 is 0 Å². The summed E-state index contributed by atoms with van der Waals surface area (Å²) in [5.74, 6) is 5.79. The van der Waals surface area contributed by atoms with Gasteiger partial charge in [-0.2, -0.15) is 0 Å². The predicted octanol–water partition coefficient (Wildman–Crippen LogP) is 2.53. The summed E-state index contributed by atoms with van der Waals surface area (Å²) >= 11 is 1.42. The molecule has 1 aromatic rings. The van der Waals surface area contributed by atoms with Crippen LogP contribution in [0.2, 0.25) is 0 Å². The van der Waals surface area contributed by atoms with Crippen LogP contribution in [0.3, 0.4) is 0 Å². The van der Waals surface area contributed by atoms with Crippen LogP contribution in [0, 0.1) is 24.2 Å². The summed E-state index contributed by atoms with van der Waals surface area (Å²) in [6, 6.07) is 1.89. The van der Waals surface area contributed by atoms with Gasteiger partial charge in [0.05, 0.1) is 16.3 Å². The van der Waals surface area contributed by atoms with Crippen LogP contribution in [-0.4, -0.2) is 19.0 Å². The van der Waals surface area contributed by atoms with Gasteiger partial charge in [-0.15, -0.1) is 11.3 Å². The van der Waals surface area contributed by atoms with Crippen LogP contribution in [0.4, 0.5) is 0 Å². The van der Waals surface area contributed by atoms with E-state index in [0.29, 0.717) is 18.0 Å². The molecule has 0 bridgehead atoms. The zero-order chi connectivity index (χ0) is 14.5. The second kappa shape index (κ2) is 6.74. The van der Waals surface area contributed by atoms with E-state index in [-0.39, 0.29) is 11.3 Å². The average Bonchev–Trinajstić information content (AvgIpc) is 2.66. The third kappa shape index (κ3) is 5.46. The number of hydrogen-bond donors (Lipinski definition) is 2. The summed E-state index contributed by atoms with van der Waals surface area (Å²) in [7, 11) is 0. The Morgan fingerprint density at radius 3 is 2.74 bits per heavy atom. The third-order valence-corrected chi connectivity index (χ3v) is 3.76. The molecule has 0 aromatic carbocycles. The van der Waals surface area contributed by atoms with Crippen LogP contribution in [0.1, 0.15) is 47.3 Å². The topological polar surface area (TPSA) is 55.1 Å². The van der Waals surface area contributed by atoms with Crippen molar-refractivity contribution in [3.05, 3.63) is 21.4 Å². The minimum atomic E-state index is -0.0156. The molecule has 1 aromatic heterocycles. The summed E-state index contributed by atoms with van der Waals surface area (Å²) in [6.45, 7) is 9.48. The van der Waals surface area contributed by atoms with Crippen molar-refractivity contribution in [2.45, 2.75) is 34.1 Å². The zero-order valence-electron chi connectivity index (χ0n) is 12.1. The van der Waals surface area contributed by atoms with Crippen molar-refractivity contribution in [1.29, 1.82) is 0 Å². The Morgan fingerprint density at radius 1 is 1.47 bits per heavy atom. The van der Waals surface area contributed by atoms with Crippen molar-refractivity contribution < 1.29 is 4.79 Å². The summed E-state index contributed by atoms with van der Waals surface area (Å²) in [5, 5.41) is 2.95. The van der Waals surface area contributed by atoms with Gasteiger partial charge in [0.15, 0.2) is 0 Å². The van der Waals surface area contributed by atoms with Gasteiger partial charge < -0.3 is 11.1 Å². The van der Waals surface area contributed by atoms with Gasteiger partial charge in [0, 0.05) is 6.54 Å². The Kier molecular flexibility index (Phi) is 5.59. The first-order valence-corrected chi connectivity index (χ1v) is 7.23. The van der Waals surface area contributed by atoms with Gasteiger partial charge in [-0.05, 0) is 30.4 Å². The van der Waals surface area contributed by atoms with Crippen LogP contribution in [0.15, 0.2) is 6.07 Å². The van der Waals surface area contributed by atoms with E-state index in [9.17, 15) is 4.79 Å². The molecule has 0 atom stereocenters. The Bertz CT molecular complexity index is 500. The first-order valence-electron chi connectivity index (χ1n) is 6.41. The summed E-state index contributed by atoms with van der Waals surface area (Å²) < 4.78 is 0. The minimum absolute atomic E-state index is 0.0156. The summed E-state index contributed by atoms with van der Waals surface area (Å²) in [5.41, 5.74) is 6.62. The molecule has 0 saturated heterocycles. The first-order chi connectivity index (χ1) is 8.83. The van der Waals surface area contributed by atoms with Crippen LogP contribution in [0.25, 0.3) is 0 Å². The number of thiophene rings is 1. The van der Waals surface area contributed by atoms with E-state index in [1.807, 2.05) is 13.0 Å². The lowest BCUT2D eigenvalue weighted by Gasteiger charge is -2.17. The fourth-order valence-electron chi connectivity index (χ4n) is 1.49. The van der Waals surface area contributed by atoms with E-state index >= 15 is 0 Å². The maximum atomic E-state index is 12.0. The van der Waals surface area contributed by atoms with Gasteiger partial charge in [0.1, 0.15) is 0 Å². The molecule has 1 rings (SSSR count). The summed E-state index contributed by atoms with van der Waals surface area (Å²) in [6.07, 6.45) is 0.961. The van der Waals surface area contributed by atoms with Gasteiger partial charge in [-0.25, -0.2) is 0 Å². The van der Waals surface area contributed by atoms with Gasteiger partial charge in [-0.3, -0.25) is 4.79 Å². The molecule has 19 heavy (non-hydrogen) atoms. The smallest absolute Gasteiger partial charge is 0.261 e. The second-order valence-electron chi connectivity index (χ2n) is 5.70. The normalized spacial score (nSPS) is 10.8. The third-order valence-electron chi connectivity index (χ3n) is 2.61. The maximum absolute atomic E-state index is 12.0. The number of carbonyl (C=O) groups is 1. The van der Waals surface area contributed by atoms with E-state index in [0.717, 1.165) is 16.9 Å². The standard InChI is InChI=1S/C15H22N2OS/c1-11-10-13(19-12(11)6-5-8-16)14(18)17-9-7-15(2,3)4/h10H,7-9,16H2,1-4H3,(H,17,18). The minimum Gasteiger partial charge on any atom is -0.351 e. The second-order valence-corrected chi connectivity index (χ2v) is 6.75. The average molecular weight is 278 g/mol. The molecule has 0 fully saturated rings. The van der Waals surface area contributed by atoms with E-state index in [1.165, 1.54) is 11.3 Å². The molecule has 0 spiro atoms. The highest BCUT2D eigenvalue weighted by molar-refractivity contribution is 7.14. The molecule has 3 N–H and O–H groups in total. The van der Waals surface area contributed by atoms with Crippen LogP contribution in [0.5, 0.6) is 0 Å². The molecule has 0 radical (unpaired) electrons. The number of amides is 1. The molecule has 3 nitrogen and oxygen atoms in total. The monoisotopic (exact) mass is 278 g/mol. The van der Waals surface area contributed by atoms with Crippen LogP contribution >= 0.6 is 11.3 Å². The number of carbonyl (C=O) groups excluding carboxylic acids is 1. The molecule has 0 saturated carbocycles. The predicted molar refractivity (Wildman–Crippen MR) is 81.4 cm³/mol. The molecule has 4 heteroatoms. The van der Waals surface area contributed by atoms with Gasteiger partial charge in [0.25, 0.3) is 5.91 Å². The Morgan fingerprint density at radius 2 is 2.16 bits per heavy atom. The van der Waals surface area contributed by atoms with E-state index in [1.54, 1.807) is 0 Å². The molecule has 1 heterocycles. The lowest BCUT2D eigenvalue weighted by atomic mass is 9.92. The summed E-state index contributed by atoms with van der Waals surface area (Å²) in [4.78, 5) is 13.6. The zero-order valence-corrected chi connectivity index (χ0v) is 12.9. The SMILES string of the molecule is Cc1cc(C(=O)NCCC(C)(C)C)sc1C#CCN. The molecular formula is C15H22N2OS. The number of nitrogens with two attached hydrogens (primary N) is 1. The van der Waals surface area contributed by atoms with Gasteiger partial charge >= 0.3 is 0 Å². The largest absolute Gasteiger partial charge is 0.351 e. The van der Waals surface area contributed by atoms with Gasteiger partial charge in [-0.1, -0.05) is 32.6 Å². The van der Waals surface area contributed by atoms with Crippen LogP contribution < -0.4 is 11.1 Å². The van der Waals surface area contributed by atoms with Crippen molar-refractivity contribution in [2.24, 2.45) is 11.1 Å². The fraction of sp³-hybridized carbons (Fsp3) is 0.533. The molecular weight excluding hydrogens is 256 g/mol. The van der Waals surface area contributed by atoms with Crippen molar-refractivity contribution in [3.63, 3.8) is 0 Å². The molecule has 1 amide bonds. The lowest BCUT2D eigenvalue weighted by Crippen LogP contribution is -2.26. The van der Waals surface area contributed by atoms with Crippen molar-refractivity contribution in [1.82, 2.24) is 5.32 Å². The molecule has 0 aliphatic heterocycles. The number of rotatable bonds is 3. The molecule has 0 aliphatic rings. The Labute approximate surface area is 119 Å². The maximum Gasteiger partial charge on any atom is 0.261 e. The van der Waals surface area contributed by atoms with Crippen molar-refractivity contribution in [3.8, 4) is 11.8 Å². The highest BCUT2D eigenvalue weighted by Crippen LogP contribution is 2.21. The molecule has 104 valence electrons. The Balaban J connectivity index is 2.63. The molecule has 0 unspecified atom stereocenters. The van der Waals surface area contributed by atoms with E-state index in [4.69, 9.17) is 5.73 Å². The lowest BCUT2D eigenvalue weighted by molar-refractivity contribution is 0.0953. The fourth-order valence-corrected chi connectivity index (χ4v) is 2.45. The number of nitrogens with one attached hydrogen (secondary N) is 1. The van der Waals surface area contributed by atoms with E-state index in [2.05, 4.69) is 37.9 Å². The van der Waals surface area contributed by atoms with Gasteiger partial charge in [0.2, 0.25) is 0 Å². The van der Waals surface area contributed by atoms with Crippen molar-refractivity contribution >= 4 is 17.2 Å². The number of aryl methyl sites for hydroxylation is 1. The van der Waals surface area contributed by atoms with Crippen LogP contribution in [-0.2, 0) is 0 Å².